The highest BCUT2D eigenvalue weighted by Crippen LogP contribution is 2.17. The summed E-state index contributed by atoms with van der Waals surface area (Å²) in [6.07, 6.45) is 1.51. The first-order valence-electron chi connectivity index (χ1n) is 7.64. The molecular weight excluding hydrogens is 322 g/mol. The van der Waals surface area contributed by atoms with Crippen LogP contribution in [0.4, 0.5) is 0 Å². The van der Waals surface area contributed by atoms with Gasteiger partial charge in [0.1, 0.15) is 11.3 Å². The summed E-state index contributed by atoms with van der Waals surface area (Å²) in [6, 6.07) is 10.2. The molecule has 0 fully saturated rings. The van der Waals surface area contributed by atoms with Gasteiger partial charge in [0.25, 0.3) is 11.5 Å². The van der Waals surface area contributed by atoms with Crippen LogP contribution in [0.25, 0.3) is 11.5 Å². The van der Waals surface area contributed by atoms with E-state index in [-0.39, 0.29) is 12.1 Å². The summed E-state index contributed by atoms with van der Waals surface area (Å²) in [6.45, 7) is 2.06. The zero-order valence-electron chi connectivity index (χ0n) is 13.8. The van der Waals surface area contributed by atoms with E-state index in [2.05, 4.69) is 15.3 Å². The monoisotopic (exact) mass is 339 g/mol. The molecule has 3 rings (SSSR count). The number of nitrogens with zero attached hydrogens (tertiary/aromatic N) is 1. The molecular formula is C18H17N3O4. The predicted octanol–water partition coefficient (Wildman–Crippen LogP) is 2.28. The van der Waals surface area contributed by atoms with Gasteiger partial charge in [-0.2, -0.15) is 0 Å². The number of nitrogens with one attached hydrogen (secondary N) is 2. The van der Waals surface area contributed by atoms with Crippen molar-refractivity contribution in [2.45, 2.75) is 13.5 Å². The number of aryl methyl sites for hydroxylation is 1. The van der Waals surface area contributed by atoms with E-state index in [0.717, 1.165) is 11.3 Å². The molecule has 2 N–H and O–H groups in total. The molecule has 3 aromatic rings. The second kappa shape index (κ2) is 7.04. The number of aromatic nitrogens is 2. The molecule has 25 heavy (non-hydrogen) atoms. The Hall–Kier alpha value is -3.35. The molecule has 0 bridgehead atoms. The smallest absolute Gasteiger partial charge is 0.261 e. The van der Waals surface area contributed by atoms with Crippen molar-refractivity contribution in [3.05, 3.63) is 69.8 Å². The first-order valence-corrected chi connectivity index (χ1v) is 7.64. The molecule has 0 saturated heterocycles. The van der Waals surface area contributed by atoms with Crippen LogP contribution in [0.1, 0.15) is 21.6 Å². The SMILES string of the molecule is COc1nc(C)ccc1CNC(=O)c1ccc(-c2ccco2)[nH]c1=O. The zero-order valence-corrected chi connectivity index (χ0v) is 13.8. The number of hydrogen-bond donors (Lipinski definition) is 2. The lowest BCUT2D eigenvalue weighted by atomic mass is 10.2. The maximum absolute atomic E-state index is 12.3. The molecule has 0 saturated carbocycles. The summed E-state index contributed by atoms with van der Waals surface area (Å²) in [5.41, 5.74) is 1.59. The maximum Gasteiger partial charge on any atom is 0.261 e. The summed E-state index contributed by atoms with van der Waals surface area (Å²) >= 11 is 0. The van der Waals surface area contributed by atoms with Crippen LogP contribution in [0, 0.1) is 6.92 Å². The molecule has 128 valence electrons. The Balaban J connectivity index is 1.75. The number of rotatable bonds is 5. The summed E-state index contributed by atoms with van der Waals surface area (Å²) in [7, 11) is 1.52. The Morgan fingerprint density at radius 1 is 1.28 bits per heavy atom. The van der Waals surface area contributed by atoms with Crippen LogP contribution in [-0.2, 0) is 6.54 Å². The van der Waals surface area contributed by atoms with Crippen molar-refractivity contribution in [2.75, 3.05) is 7.11 Å². The van der Waals surface area contributed by atoms with E-state index >= 15 is 0 Å². The third-order valence-corrected chi connectivity index (χ3v) is 3.65. The van der Waals surface area contributed by atoms with Crippen molar-refractivity contribution in [2.24, 2.45) is 0 Å². The van der Waals surface area contributed by atoms with Crippen LogP contribution in [-0.4, -0.2) is 23.0 Å². The number of ether oxygens (including phenoxy) is 1. The minimum absolute atomic E-state index is 0.0225. The van der Waals surface area contributed by atoms with Gasteiger partial charge < -0.3 is 19.5 Å². The van der Waals surface area contributed by atoms with Gasteiger partial charge in [-0.1, -0.05) is 6.07 Å². The highest BCUT2D eigenvalue weighted by molar-refractivity contribution is 5.94. The van der Waals surface area contributed by atoms with Crippen LogP contribution in [0.3, 0.4) is 0 Å². The average molecular weight is 339 g/mol. The van der Waals surface area contributed by atoms with Gasteiger partial charge in [-0.05, 0) is 37.3 Å². The molecule has 3 heterocycles. The number of aromatic amines is 1. The summed E-state index contributed by atoms with van der Waals surface area (Å²) in [5, 5.41) is 2.70. The van der Waals surface area contributed by atoms with Gasteiger partial charge in [-0.3, -0.25) is 9.59 Å². The van der Waals surface area contributed by atoms with Crippen molar-refractivity contribution in [3.63, 3.8) is 0 Å². The summed E-state index contributed by atoms with van der Waals surface area (Å²) in [4.78, 5) is 31.3. The lowest BCUT2D eigenvalue weighted by Gasteiger charge is -2.09. The van der Waals surface area contributed by atoms with E-state index in [0.29, 0.717) is 17.3 Å². The second-order valence-electron chi connectivity index (χ2n) is 5.40. The molecule has 3 aromatic heterocycles. The number of pyridine rings is 2. The number of carbonyl (C=O) groups is 1. The Morgan fingerprint density at radius 3 is 2.80 bits per heavy atom. The number of furan rings is 1. The Labute approximate surface area is 143 Å². The molecule has 0 aromatic carbocycles. The highest BCUT2D eigenvalue weighted by atomic mass is 16.5. The molecule has 0 aliphatic rings. The van der Waals surface area contributed by atoms with E-state index in [1.54, 1.807) is 18.2 Å². The van der Waals surface area contributed by atoms with Crippen LogP contribution in [0.2, 0.25) is 0 Å². The lowest BCUT2D eigenvalue weighted by molar-refractivity contribution is 0.0949. The average Bonchev–Trinajstić information content (AvgIpc) is 3.14. The van der Waals surface area contributed by atoms with Gasteiger partial charge in [0.05, 0.1) is 19.1 Å². The molecule has 7 nitrogen and oxygen atoms in total. The van der Waals surface area contributed by atoms with Gasteiger partial charge in [0.2, 0.25) is 5.88 Å². The van der Waals surface area contributed by atoms with Crippen LogP contribution < -0.4 is 15.6 Å². The minimum atomic E-state index is -0.486. The number of methoxy groups -OCH3 is 1. The van der Waals surface area contributed by atoms with E-state index in [1.807, 2.05) is 19.1 Å². The molecule has 0 radical (unpaired) electrons. The third-order valence-electron chi connectivity index (χ3n) is 3.65. The molecule has 0 atom stereocenters. The number of carbonyl (C=O) groups excluding carboxylic acids is 1. The van der Waals surface area contributed by atoms with E-state index < -0.39 is 11.5 Å². The van der Waals surface area contributed by atoms with Crippen molar-refractivity contribution in [1.29, 1.82) is 0 Å². The normalized spacial score (nSPS) is 10.5. The first-order chi connectivity index (χ1) is 12.1. The van der Waals surface area contributed by atoms with Gasteiger partial charge in [0, 0.05) is 17.8 Å². The van der Waals surface area contributed by atoms with E-state index in [9.17, 15) is 9.59 Å². The van der Waals surface area contributed by atoms with Gasteiger partial charge >= 0.3 is 0 Å². The Bertz CT molecular complexity index is 945. The van der Waals surface area contributed by atoms with Crippen LogP contribution >= 0.6 is 0 Å². The highest BCUT2D eigenvalue weighted by Gasteiger charge is 2.13. The van der Waals surface area contributed by atoms with Crippen molar-refractivity contribution < 1.29 is 13.9 Å². The molecule has 0 spiro atoms. The molecule has 0 aliphatic heterocycles. The van der Waals surface area contributed by atoms with E-state index in [4.69, 9.17) is 9.15 Å². The largest absolute Gasteiger partial charge is 0.481 e. The molecule has 0 unspecified atom stereocenters. The maximum atomic E-state index is 12.3. The fourth-order valence-corrected chi connectivity index (χ4v) is 2.37. The van der Waals surface area contributed by atoms with Gasteiger partial charge in [0.15, 0.2) is 0 Å². The van der Waals surface area contributed by atoms with E-state index in [1.165, 1.54) is 19.4 Å². The van der Waals surface area contributed by atoms with Crippen molar-refractivity contribution in [3.8, 4) is 17.3 Å². The fourth-order valence-electron chi connectivity index (χ4n) is 2.37. The number of amides is 1. The van der Waals surface area contributed by atoms with Crippen molar-refractivity contribution >= 4 is 5.91 Å². The molecule has 1 amide bonds. The molecule has 0 aliphatic carbocycles. The zero-order chi connectivity index (χ0) is 17.8. The Morgan fingerprint density at radius 2 is 2.12 bits per heavy atom. The minimum Gasteiger partial charge on any atom is -0.481 e. The topological polar surface area (TPSA) is 97.2 Å². The van der Waals surface area contributed by atoms with Gasteiger partial charge in [-0.25, -0.2) is 4.98 Å². The predicted molar refractivity (Wildman–Crippen MR) is 91.5 cm³/mol. The van der Waals surface area contributed by atoms with Gasteiger partial charge in [-0.15, -0.1) is 0 Å². The van der Waals surface area contributed by atoms with Crippen molar-refractivity contribution in [1.82, 2.24) is 15.3 Å². The summed E-state index contributed by atoms with van der Waals surface area (Å²) in [5.74, 6) is 0.497. The van der Waals surface area contributed by atoms with Crippen LogP contribution in [0.15, 0.2) is 51.9 Å². The standard InChI is InChI=1S/C18H17N3O4/c1-11-5-6-12(18(20-11)24-2)10-19-16(22)13-7-8-14(21-17(13)23)15-4-3-9-25-15/h3-9H,10H2,1-2H3,(H,19,22)(H,21,23). The molecule has 7 heteroatoms. The third kappa shape index (κ3) is 3.60. The Kier molecular flexibility index (Phi) is 4.65. The quantitative estimate of drug-likeness (QED) is 0.743. The fraction of sp³-hybridized carbons (Fsp3) is 0.167. The number of H-pyrrole nitrogens is 1. The lowest BCUT2D eigenvalue weighted by Crippen LogP contribution is -2.29. The van der Waals surface area contributed by atoms with Crippen LogP contribution in [0.5, 0.6) is 5.88 Å². The summed E-state index contributed by atoms with van der Waals surface area (Å²) < 4.78 is 10.4. The first kappa shape index (κ1) is 16.5. The second-order valence-corrected chi connectivity index (χ2v) is 5.40. The number of hydrogen-bond acceptors (Lipinski definition) is 5.